The summed E-state index contributed by atoms with van der Waals surface area (Å²) in [6.45, 7) is 2.23. The molecule has 0 radical (unpaired) electrons. The maximum absolute atomic E-state index is 4.93. The number of hydrogen-bond acceptors (Lipinski definition) is 2. The topological polar surface area (TPSA) is 24.4 Å². The summed E-state index contributed by atoms with van der Waals surface area (Å²) in [5.41, 5.74) is 6.81. The van der Waals surface area contributed by atoms with Gasteiger partial charge in [0, 0.05) is 23.5 Å². The molecule has 0 saturated heterocycles. The van der Waals surface area contributed by atoms with Crippen LogP contribution in [0.15, 0.2) is 47.5 Å². The van der Waals surface area contributed by atoms with Crippen molar-refractivity contribution in [1.29, 1.82) is 0 Å². The van der Waals surface area contributed by atoms with Crippen molar-refractivity contribution in [3.05, 3.63) is 64.7 Å². The molecular weight excluding hydrogens is 268 g/mol. The summed E-state index contributed by atoms with van der Waals surface area (Å²) in [6.07, 6.45) is 6.79. The van der Waals surface area contributed by atoms with Crippen LogP contribution >= 0.6 is 0 Å². The minimum atomic E-state index is 0.319. The predicted octanol–water partition coefficient (Wildman–Crippen LogP) is 4.54. The van der Waals surface area contributed by atoms with Crippen LogP contribution in [0.2, 0.25) is 0 Å². The highest BCUT2D eigenvalue weighted by Gasteiger charge is 2.20. The van der Waals surface area contributed by atoms with Crippen LogP contribution in [-0.2, 0) is 12.8 Å². The molecule has 2 atom stereocenters. The van der Waals surface area contributed by atoms with Gasteiger partial charge in [0.2, 0.25) is 0 Å². The molecule has 2 aromatic rings. The van der Waals surface area contributed by atoms with E-state index >= 15 is 0 Å². The number of nitrogens with one attached hydrogen (secondary N) is 1. The Morgan fingerprint density at radius 2 is 1.95 bits per heavy atom. The summed E-state index contributed by atoms with van der Waals surface area (Å²) in [7, 11) is 0. The van der Waals surface area contributed by atoms with Crippen LogP contribution in [0.3, 0.4) is 0 Å². The van der Waals surface area contributed by atoms with E-state index in [0.717, 1.165) is 12.8 Å². The van der Waals surface area contributed by atoms with E-state index in [4.69, 9.17) is 4.99 Å². The summed E-state index contributed by atoms with van der Waals surface area (Å²) in [5, 5.41) is 3.58. The molecule has 22 heavy (non-hydrogen) atoms. The third-order valence-electron chi connectivity index (χ3n) is 4.83. The zero-order chi connectivity index (χ0) is 14.9. The molecule has 112 valence electrons. The second kappa shape index (κ2) is 5.60. The second-order valence-electron chi connectivity index (χ2n) is 6.52. The van der Waals surface area contributed by atoms with Crippen LogP contribution in [0.5, 0.6) is 0 Å². The van der Waals surface area contributed by atoms with Gasteiger partial charge in [0.1, 0.15) is 0 Å². The monoisotopic (exact) mass is 290 g/mol. The van der Waals surface area contributed by atoms with E-state index < -0.39 is 0 Å². The van der Waals surface area contributed by atoms with E-state index in [-0.39, 0.29) is 0 Å². The first kappa shape index (κ1) is 13.6. The molecule has 2 heteroatoms. The third-order valence-corrected chi connectivity index (χ3v) is 4.83. The minimum Gasteiger partial charge on any atom is -0.382 e. The Balaban J connectivity index is 1.63. The van der Waals surface area contributed by atoms with Crippen LogP contribution in [0, 0.1) is 0 Å². The molecule has 1 heterocycles. The molecule has 0 saturated carbocycles. The van der Waals surface area contributed by atoms with Crippen LogP contribution in [0.25, 0.3) is 0 Å². The number of fused-ring (bicyclic) bond motifs is 2. The SMILES string of the molecule is CC1Cc2cccc(/C=N\C3CCCc4ccccc43)c2N1. The fraction of sp³-hybridized carbons (Fsp3) is 0.350. The number of aliphatic imine (C=N–C) groups is 1. The summed E-state index contributed by atoms with van der Waals surface area (Å²) in [5.74, 6) is 0. The Morgan fingerprint density at radius 3 is 2.91 bits per heavy atom. The van der Waals surface area contributed by atoms with Crippen molar-refractivity contribution < 1.29 is 0 Å². The molecule has 0 fully saturated rings. The van der Waals surface area contributed by atoms with Gasteiger partial charge in [0.05, 0.1) is 6.04 Å². The number of rotatable bonds is 2. The number of hydrogen-bond donors (Lipinski definition) is 1. The molecule has 4 rings (SSSR count). The van der Waals surface area contributed by atoms with Crippen molar-refractivity contribution in [2.75, 3.05) is 5.32 Å². The van der Waals surface area contributed by atoms with Gasteiger partial charge in [0.15, 0.2) is 0 Å². The Bertz CT molecular complexity index is 717. The number of aryl methyl sites for hydroxylation is 1. The standard InChI is InChI=1S/C20H22N2/c1-14-12-16-8-4-9-17(20(16)22-14)13-21-19-11-5-7-15-6-2-3-10-18(15)19/h2-4,6,8-10,13-14,19,22H,5,7,11-12H2,1H3/b21-13-. The normalized spacial score (nSPS) is 23.1. The van der Waals surface area contributed by atoms with Gasteiger partial charge in [-0.1, -0.05) is 42.5 Å². The largest absolute Gasteiger partial charge is 0.382 e. The maximum Gasteiger partial charge on any atom is 0.0752 e. The average molecular weight is 290 g/mol. The van der Waals surface area contributed by atoms with Gasteiger partial charge in [-0.05, 0) is 49.3 Å². The third kappa shape index (κ3) is 2.43. The number of anilines is 1. The zero-order valence-corrected chi connectivity index (χ0v) is 13.0. The lowest BCUT2D eigenvalue weighted by Crippen LogP contribution is -2.10. The Kier molecular flexibility index (Phi) is 3.45. The minimum absolute atomic E-state index is 0.319. The summed E-state index contributed by atoms with van der Waals surface area (Å²) in [6, 6.07) is 16.2. The van der Waals surface area contributed by atoms with Gasteiger partial charge < -0.3 is 5.32 Å². The second-order valence-corrected chi connectivity index (χ2v) is 6.52. The van der Waals surface area contributed by atoms with Crippen LogP contribution in [0.1, 0.15) is 48.1 Å². The van der Waals surface area contributed by atoms with E-state index in [9.17, 15) is 0 Å². The first-order valence-electron chi connectivity index (χ1n) is 8.30. The Morgan fingerprint density at radius 1 is 1.09 bits per heavy atom. The molecule has 0 amide bonds. The molecule has 0 bridgehead atoms. The molecule has 1 N–H and O–H groups in total. The first-order valence-corrected chi connectivity index (χ1v) is 8.30. The van der Waals surface area contributed by atoms with Crippen molar-refractivity contribution in [1.82, 2.24) is 0 Å². The van der Waals surface area contributed by atoms with E-state index in [2.05, 4.69) is 60.9 Å². The quantitative estimate of drug-likeness (QED) is 0.807. The molecule has 2 nitrogen and oxygen atoms in total. The van der Waals surface area contributed by atoms with Crippen LogP contribution in [0.4, 0.5) is 5.69 Å². The Labute approximate surface area is 132 Å². The maximum atomic E-state index is 4.93. The van der Waals surface area contributed by atoms with Crippen LogP contribution < -0.4 is 5.32 Å². The first-order chi connectivity index (χ1) is 10.8. The van der Waals surface area contributed by atoms with Gasteiger partial charge in [-0.3, -0.25) is 4.99 Å². The Hall–Kier alpha value is -2.09. The highest BCUT2D eigenvalue weighted by Crippen LogP contribution is 2.33. The van der Waals surface area contributed by atoms with Crippen molar-refractivity contribution in [3.63, 3.8) is 0 Å². The molecule has 1 aliphatic carbocycles. The van der Waals surface area contributed by atoms with E-state index in [1.807, 2.05) is 0 Å². The fourth-order valence-electron chi connectivity index (χ4n) is 3.75. The van der Waals surface area contributed by atoms with Crippen molar-refractivity contribution in [3.8, 4) is 0 Å². The number of benzene rings is 2. The summed E-state index contributed by atoms with van der Waals surface area (Å²) < 4.78 is 0. The van der Waals surface area contributed by atoms with Gasteiger partial charge >= 0.3 is 0 Å². The highest BCUT2D eigenvalue weighted by molar-refractivity contribution is 5.90. The van der Waals surface area contributed by atoms with E-state index in [1.54, 1.807) is 0 Å². The molecule has 0 aromatic heterocycles. The van der Waals surface area contributed by atoms with Crippen LogP contribution in [-0.4, -0.2) is 12.3 Å². The van der Waals surface area contributed by atoms with Crippen molar-refractivity contribution >= 4 is 11.9 Å². The van der Waals surface area contributed by atoms with Crippen molar-refractivity contribution in [2.45, 2.75) is 44.7 Å². The smallest absolute Gasteiger partial charge is 0.0752 e. The summed E-state index contributed by atoms with van der Waals surface area (Å²) in [4.78, 5) is 4.93. The zero-order valence-electron chi connectivity index (χ0n) is 13.0. The van der Waals surface area contributed by atoms with Gasteiger partial charge in [0.25, 0.3) is 0 Å². The fourth-order valence-corrected chi connectivity index (χ4v) is 3.75. The summed E-state index contributed by atoms with van der Waals surface area (Å²) >= 11 is 0. The lowest BCUT2D eigenvalue weighted by Gasteiger charge is -2.22. The molecule has 2 aromatic carbocycles. The van der Waals surface area contributed by atoms with E-state index in [1.165, 1.54) is 40.8 Å². The lowest BCUT2D eigenvalue weighted by molar-refractivity contribution is 0.574. The van der Waals surface area contributed by atoms with E-state index in [0.29, 0.717) is 12.1 Å². The molecular formula is C20H22N2. The molecule has 2 unspecified atom stereocenters. The molecule has 2 aliphatic rings. The average Bonchev–Trinajstić information content (AvgIpc) is 2.93. The number of para-hydroxylation sites is 1. The predicted molar refractivity (Wildman–Crippen MR) is 92.9 cm³/mol. The van der Waals surface area contributed by atoms with Gasteiger partial charge in [-0.15, -0.1) is 0 Å². The van der Waals surface area contributed by atoms with Crippen molar-refractivity contribution in [2.24, 2.45) is 4.99 Å². The highest BCUT2D eigenvalue weighted by atomic mass is 14.9. The van der Waals surface area contributed by atoms with Gasteiger partial charge in [-0.25, -0.2) is 0 Å². The molecule has 0 spiro atoms. The number of nitrogens with zero attached hydrogens (tertiary/aromatic N) is 1. The molecule has 1 aliphatic heterocycles. The van der Waals surface area contributed by atoms with Gasteiger partial charge in [-0.2, -0.15) is 0 Å². The lowest BCUT2D eigenvalue weighted by atomic mass is 9.88.